The predicted molar refractivity (Wildman–Crippen MR) is 102 cm³/mol. The number of aryl methyl sites for hydroxylation is 2. The highest BCUT2D eigenvalue weighted by Crippen LogP contribution is 2.26. The molecule has 0 saturated carbocycles. The van der Waals surface area contributed by atoms with Gasteiger partial charge in [0.2, 0.25) is 0 Å². The summed E-state index contributed by atoms with van der Waals surface area (Å²) < 4.78 is 2.26. The third-order valence-corrected chi connectivity index (χ3v) is 5.75. The maximum Gasteiger partial charge on any atom is 0.274 e. The molecule has 4 aromatic rings. The number of thiazole rings is 1. The maximum atomic E-state index is 12.9. The minimum Gasteiger partial charge on any atom is -0.267 e. The average Bonchev–Trinajstić information content (AvgIpc) is 3.02. The van der Waals surface area contributed by atoms with Crippen LogP contribution in [0.4, 0.5) is 0 Å². The molecule has 120 valence electrons. The molecule has 2 heterocycles. The van der Waals surface area contributed by atoms with Gasteiger partial charge in [-0.05, 0) is 48.7 Å². The van der Waals surface area contributed by atoms with Crippen LogP contribution in [-0.2, 0) is 0 Å². The Morgan fingerprint density at radius 2 is 2.00 bits per heavy atom. The van der Waals surface area contributed by atoms with Gasteiger partial charge in [0.25, 0.3) is 5.56 Å². The van der Waals surface area contributed by atoms with Crippen molar-refractivity contribution in [3.05, 3.63) is 72.0 Å². The smallest absolute Gasteiger partial charge is 0.267 e. The van der Waals surface area contributed by atoms with Crippen molar-refractivity contribution in [1.82, 2.24) is 9.38 Å². The number of hydrogen-bond donors (Lipinski definition) is 0. The van der Waals surface area contributed by atoms with Gasteiger partial charge in [0.1, 0.15) is 0 Å². The van der Waals surface area contributed by atoms with Gasteiger partial charge in [-0.3, -0.25) is 4.79 Å². The molecule has 6 heteroatoms. The molecule has 0 bridgehead atoms. The molecule has 24 heavy (non-hydrogen) atoms. The number of fused-ring (bicyclic) bond motifs is 3. The van der Waals surface area contributed by atoms with Crippen LogP contribution in [0.15, 0.2) is 35.1 Å². The molecule has 0 radical (unpaired) electrons. The molecule has 0 amide bonds. The van der Waals surface area contributed by atoms with Gasteiger partial charge in [0.05, 0.1) is 25.6 Å². The lowest BCUT2D eigenvalue weighted by atomic mass is 10.1. The molecular formula is C18H12Cl2N2OS. The monoisotopic (exact) mass is 374 g/mol. The second kappa shape index (κ2) is 5.59. The summed E-state index contributed by atoms with van der Waals surface area (Å²) in [6.45, 7) is 4.02. The normalized spacial score (nSPS) is 12.6. The molecule has 0 spiro atoms. The molecule has 0 aliphatic rings. The molecule has 3 nitrogen and oxygen atoms in total. The summed E-state index contributed by atoms with van der Waals surface area (Å²) in [6, 6.07) is 9.43. The number of halogens is 2. The van der Waals surface area contributed by atoms with Crippen LogP contribution in [-0.4, -0.2) is 9.38 Å². The van der Waals surface area contributed by atoms with E-state index in [4.69, 9.17) is 23.2 Å². The number of aromatic nitrogens is 2. The molecule has 0 aliphatic carbocycles. The fraction of sp³-hybridized carbons (Fsp3) is 0.111. The van der Waals surface area contributed by atoms with E-state index in [1.807, 2.05) is 32.0 Å². The minimum atomic E-state index is -0.0847. The van der Waals surface area contributed by atoms with Gasteiger partial charge in [-0.1, -0.05) is 52.7 Å². The van der Waals surface area contributed by atoms with E-state index in [0.29, 0.717) is 19.5 Å². The number of hydrogen-bond acceptors (Lipinski definition) is 3. The van der Waals surface area contributed by atoms with Crippen LogP contribution < -0.4 is 10.1 Å². The Morgan fingerprint density at radius 3 is 2.79 bits per heavy atom. The largest absolute Gasteiger partial charge is 0.274 e. The molecule has 0 N–H and O–H groups in total. The second-order valence-corrected chi connectivity index (χ2v) is 7.53. The fourth-order valence-electron chi connectivity index (χ4n) is 2.88. The van der Waals surface area contributed by atoms with E-state index in [1.54, 1.807) is 16.5 Å². The fourth-order valence-corrected chi connectivity index (χ4v) is 4.22. The Hall–Kier alpha value is -1.88. The van der Waals surface area contributed by atoms with Crippen molar-refractivity contribution < 1.29 is 0 Å². The standard InChI is InChI=1S/C18H12Cl2N2OS/c1-9-6-10(2)16-13(7-9)22-17(23)14(24-18(22)21-16)8-11-4-3-5-12(19)15(11)20/h3-8H,1-2H3/b14-8+. The molecule has 4 rings (SSSR count). The van der Waals surface area contributed by atoms with E-state index in [1.165, 1.54) is 11.3 Å². The van der Waals surface area contributed by atoms with Gasteiger partial charge in [0, 0.05) is 0 Å². The zero-order chi connectivity index (χ0) is 17.0. The summed E-state index contributed by atoms with van der Waals surface area (Å²) in [5.41, 5.74) is 4.54. The molecule has 0 unspecified atom stereocenters. The third kappa shape index (κ3) is 2.34. The first-order chi connectivity index (χ1) is 11.5. The van der Waals surface area contributed by atoms with E-state index < -0.39 is 0 Å². The van der Waals surface area contributed by atoms with Crippen LogP contribution in [0.3, 0.4) is 0 Å². The van der Waals surface area contributed by atoms with Crippen LogP contribution in [0.2, 0.25) is 10.0 Å². The van der Waals surface area contributed by atoms with Crippen molar-refractivity contribution in [2.75, 3.05) is 0 Å². The highest BCUT2D eigenvalue weighted by atomic mass is 35.5. The van der Waals surface area contributed by atoms with Crippen molar-refractivity contribution in [3.8, 4) is 0 Å². The Morgan fingerprint density at radius 1 is 1.21 bits per heavy atom. The van der Waals surface area contributed by atoms with Crippen LogP contribution in [0.25, 0.3) is 22.1 Å². The van der Waals surface area contributed by atoms with Crippen molar-refractivity contribution in [2.45, 2.75) is 13.8 Å². The van der Waals surface area contributed by atoms with Gasteiger partial charge >= 0.3 is 0 Å². The minimum absolute atomic E-state index is 0.0847. The quantitative estimate of drug-likeness (QED) is 0.495. The summed E-state index contributed by atoms with van der Waals surface area (Å²) in [4.78, 5) is 18.2. The molecule has 2 aromatic carbocycles. The topological polar surface area (TPSA) is 34.4 Å². The van der Waals surface area contributed by atoms with Crippen molar-refractivity contribution >= 4 is 56.6 Å². The van der Waals surface area contributed by atoms with E-state index in [9.17, 15) is 4.79 Å². The zero-order valence-corrected chi connectivity index (χ0v) is 15.3. The van der Waals surface area contributed by atoms with Gasteiger partial charge < -0.3 is 0 Å². The van der Waals surface area contributed by atoms with Crippen LogP contribution in [0, 0.1) is 13.8 Å². The van der Waals surface area contributed by atoms with Gasteiger partial charge in [-0.15, -0.1) is 0 Å². The second-order valence-electron chi connectivity index (χ2n) is 5.74. The van der Waals surface area contributed by atoms with Crippen LogP contribution in [0.5, 0.6) is 0 Å². The van der Waals surface area contributed by atoms with Crippen LogP contribution >= 0.6 is 34.5 Å². The van der Waals surface area contributed by atoms with E-state index in [2.05, 4.69) is 11.1 Å². The first kappa shape index (κ1) is 15.6. The molecular weight excluding hydrogens is 363 g/mol. The van der Waals surface area contributed by atoms with Crippen molar-refractivity contribution in [3.63, 3.8) is 0 Å². The lowest BCUT2D eigenvalue weighted by molar-refractivity contribution is 1.18. The van der Waals surface area contributed by atoms with Crippen molar-refractivity contribution in [1.29, 1.82) is 0 Å². The number of nitrogens with zero attached hydrogens (tertiary/aromatic N) is 2. The maximum absolute atomic E-state index is 12.9. The number of imidazole rings is 1. The Labute approximate surface area is 151 Å². The van der Waals surface area contributed by atoms with Gasteiger partial charge in [0.15, 0.2) is 4.96 Å². The summed E-state index contributed by atoms with van der Waals surface area (Å²) in [5.74, 6) is 0. The van der Waals surface area contributed by atoms with Crippen molar-refractivity contribution in [2.24, 2.45) is 0 Å². The highest BCUT2D eigenvalue weighted by Gasteiger charge is 2.13. The lowest BCUT2D eigenvalue weighted by Crippen LogP contribution is -2.22. The van der Waals surface area contributed by atoms with Gasteiger partial charge in [-0.25, -0.2) is 9.38 Å². The number of benzene rings is 2. The van der Waals surface area contributed by atoms with Crippen LogP contribution in [0.1, 0.15) is 16.7 Å². The summed E-state index contributed by atoms with van der Waals surface area (Å²) >= 11 is 13.6. The molecule has 0 aliphatic heterocycles. The molecule has 0 atom stereocenters. The summed E-state index contributed by atoms with van der Waals surface area (Å²) in [5, 5.41) is 0.914. The zero-order valence-electron chi connectivity index (χ0n) is 12.9. The molecule has 0 saturated heterocycles. The Kier molecular flexibility index (Phi) is 3.64. The number of rotatable bonds is 1. The predicted octanol–water partition coefficient (Wildman–Crippen LogP) is 4.38. The molecule has 2 aromatic heterocycles. The lowest BCUT2D eigenvalue weighted by Gasteiger charge is -1.99. The molecule has 0 fully saturated rings. The Balaban J connectivity index is 2.05. The SMILES string of the molecule is Cc1cc(C)c2nc3s/c(=C/c4cccc(Cl)c4Cl)c(=O)n3c2c1. The van der Waals surface area contributed by atoms with E-state index in [-0.39, 0.29) is 5.56 Å². The third-order valence-electron chi connectivity index (χ3n) is 3.95. The first-order valence-electron chi connectivity index (χ1n) is 7.33. The highest BCUT2D eigenvalue weighted by molar-refractivity contribution is 7.15. The van der Waals surface area contributed by atoms with E-state index >= 15 is 0 Å². The average molecular weight is 375 g/mol. The van der Waals surface area contributed by atoms with E-state index in [0.717, 1.165) is 27.7 Å². The van der Waals surface area contributed by atoms with Gasteiger partial charge in [-0.2, -0.15) is 0 Å². The summed E-state index contributed by atoms with van der Waals surface area (Å²) in [7, 11) is 0. The Bertz CT molecular complexity index is 1220. The summed E-state index contributed by atoms with van der Waals surface area (Å²) in [6.07, 6.45) is 1.77. The first-order valence-corrected chi connectivity index (χ1v) is 8.91.